The largest absolute Gasteiger partial charge is 0.507 e. The van der Waals surface area contributed by atoms with E-state index in [-0.39, 0.29) is 23.8 Å². The lowest BCUT2D eigenvalue weighted by Gasteiger charge is -2.47. The monoisotopic (exact) mass is 590 g/mol. The second-order valence-corrected chi connectivity index (χ2v) is 12.4. The molecule has 0 bridgehead atoms. The summed E-state index contributed by atoms with van der Waals surface area (Å²) in [5.41, 5.74) is 6.92. The Labute approximate surface area is 259 Å². The van der Waals surface area contributed by atoms with Crippen LogP contribution in [0.5, 0.6) is 11.5 Å². The van der Waals surface area contributed by atoms with E-state index in [4.69, 9.17) is 9.39 Å². The second kappa shape index (κ2) is 12.6. The number of benzene rings is 3. The molecule has 226 valence electrons. The molecule has 0 aromatic heterocycles. The van der Waals surface area contributed by atoms with Crippen molar-refractivity contribution in [3.05, 3.63) is 111 Å². The van der Waals surface area contributed by atoms with E-state index in [9.17, 15) is 19.7 Å². The predicted molar refractivity (Wildman–Crippen MR) is 172 cm³/mol. The zero-order valence-electron chi connectivity index (χ0n) is 25.6. The van der Waals surface area contributed by atoms with E-state index in [0.29, 0.717) is 36.3 Å². The fraction of sp³-hybridized carbons (Fsp3) is 0.351. The Bertz CT molecular complexity index is 1620. The number of rotatable bonds is 8. The Balaban J connectivity index is 1.34. The average molecular weight is 591 g/mol. The Kier molecular flexibility index (Phi) is 8.61. The summed E-state index contributed by atoms with van der Waals surface area (Å²) in [4.78, 5) is 27.8. The molecule has 0 saturated carbocycles. The summed E-state index contributed by atoms with van der Waals surface area (Å²) in [5, 5.41) is 21.2. The van der Waals surface area contributed by atoms with Gasteiger partial charge in [-0.05, 0) is 104 Å². The van der Waals surface area contributed by atoms with Crippen LogP contribution in [-0.2, 0) is 4.65 Å². The van der Waals surface area contributed by atoms with Crippen molar-refractivity contribution in [3.63, 3.8) is 0 Å². The van der Waals surface area contributed by atoms with E-state index in [1.165, 1.54) is 5.57 Å². The zero-order chi connectivity index (χ0) is 31.0. The van der Waals surface area contributed by atoms with Crippen molar-refractivity contribution in [2.24, 2.45) is 17.8 Å². The molecular formula is C37H39BO6. The minimum Gasteiger partial charge on any atom is -0.507 e. The molecule has 44 heavy (non-hydrogen) atoms. The van der Waals surface area contributed by atoms with Crippen molar-refractivity contribution in [1.82, 2.24) is 0 Å². The highest BCUT2D eigenvalue weighted by atomic mass is 16.5. The molecule has 0 unspecified atom stereocenters. The molecular weight excluding hydrogens is 551 g/mol. The van der Waals surface area contributed by atoms with Crippen molar-refractivity contribution < 1.29 is 29.1 Å². The highest BCUT2D eigenvalue weighted by Gasteiger charge is 2.53. The maximum absolute atomic E-state index is 14.0. The van der Waals surface area contributed by atoms with Gasteiger partial charge in [-0.2, -0.15) is 0 Å². The van der Waals surface area contributed by atoms with Gasteiger partial charge >= 0.3 is 7.12 Å². The van der Waals surface area contributed by atoms with Crippen LogP contribution in [0.4, 0.5) is 0 Å². The SMILES string of the molecule is CC/C(=C\c1cc(C)c(O)c(C)c1)CC[C@H]1OB(O)C[C@H]2C1=C(COc1ccccc1)C[C@H]1C(=O)c3ccccc3C(=O)[C@H]12. The first-order valence-corrected chi connectivity index (χ1v) is 15.7. The Morgan fingerprint density at radius 3 is 2.32 bits per heavy atom. The smallest absolute Gasteiger partial charge is 0.455 e. The van der Waals surface area contributed by atoms with Crippen LogP contribution in [0.1, 0.15) is 70.0 Å². The van der Waals surface area contributed by atoms with Gasteiger partial charge in [0.1, 0.15) is 18.1 Å². The molecule has 6 rings (SSSR count). The number of phenols is 1. The second-order valence-electron chi connectivity index (χ2n) is 12.4. The maximum atomic E-state index is 14.0. The number of ether oxygens (including phenoxy) is 1. The average Bonchev–Trinajstić information content (AvgIpc) is 3.03. The van der Waals surface area contributed by atoms with E-state index in [1.54, 1.807) is 18.2 Å². The lowest BCUT2D eigenvalue weighted by Crippen LogP contribution is -2.51. The lowest BCUT2D eigenvalue weighted by molar-refractivity contribution is 0.0592. The van der Waals surface area contributed by atoms with E-state index in [1.807, 2.05) is 62.4 Å². The molecule has 3 aliphatic rings. The molecule has 1 heterocycles. The van der Waals surface area contributed by atoms with E-state index >= 15 is 0 Å². The normalized spacial score (nSPS) is 23.3. The van der Waals surface area contributed by atoms with Gasteiger partial charge in [-0.25, -0.2) is 0 Å². The van der Waals surface area contributed by atoms with E-state index in [0.717, 1.165) is 46.4 Å². The van der Waals surface area contributed by atoms with Crippen LogP contribution < -0.4 is 4.74 Å². The molecule has 3 aromatic carbocycles. The number of Topliss-reactive ketones (excluding diaryl/α,β-unsaturated/α-hetero) is 2. The number of fused-ring (bicyclic) bond motifs is 4. The molecule has 0 spiro atoms. The van der Waals surface area contributed by atoms with Crippen LogP contribution in [0.2, 0.25) is 6.32 Å². The van der Waals surface area contributed by atoms with E-state index < -0.39 is 25.1 Å². The number of phenolic OH excluding ortho intramolecular Hbond substituents is 1. The van der Waals surface area contributed by atoms with Crippen LogP contribution in [-0.4, -0.2) is 41.5 Å². The number of hydrogen-bond donors (Lipinski definition) is 2. The number of aromatic hydroxyl groups is 1. The number of hydrogen-bond acceptors (Lipinski definition) is 6. The standard InChI is InChI=1S/C37H39BO6/c1-4-24(18-25-16-22(2)35(39)23(3)17-25)14-15-32-33-26(21-43-27-10-6-5-7-11-27)19-30-34(31(33)20-38(42)44-32)37(41)29-13-9-8-12-28(29)36(30)40/h5-13,16-18,30-32,34,39,42H,4,14-15,19-21H2,1-3H3/b24-18+/t30-,31+,32-,34-/m1/s1. The van der Waals surface area contributed by atoms with Crippen LogP contribution >= 0.6 is 0 Å². The van der Waals surface area contributed by atoms with Crippen molar-refractivity contribution in [1.29, 1.82) is 0 Å². The minimum absolute atomic E-state index is 0.00493. The van der Waals surface area contributed by atoms with Gasteiger partial charge in [-0.1, -0.05) is 61.0 Å². The Morgan fingerprint density at radius 1 is 0.977 bits per heavy atom. The van der Waals surface area contributed by atoms with Gasteiger partial charge in [0.05, 0.1) is 6.10 Å². The summed E-state index contributed by atoms with van der Waals surface area (Å²) in [7, 11) is -1.03. The summed E-state index contributed by atoms with van der Waals surface area (Å²) < 4.78 is 12.5. The number of ketones is 2. The molecule has 0 radical (unpaired) electrons. The van der Waals surface area contributed by atoms with Gasteiger partial charge in [0.2, 0.25) is 0 Å². The van der Waals surface area contributed by atoms with Gasteiger partial charge < -0.3 is 19.5 Å². The molecule has 6 nitrogen and oxygen atoms in total. The fourth-order valence-electron chi connectivity index (χ4n) is 7.46. The molecule has 0 amide bonds. The molecule has 2 aliphatic carbocycles. The third-order valence-electron chi connectivity index (χ3n) is 9.58. The molecule has 7 heteroatoms. The fourth-order valence-corrected chi connectivity index (χ4v) is 7.46. The van der Waals surface area contributed by atoms with E-state index in [2.05, 4.69) is 13.0 Å². The van der Waals surface area contributed by atoms with Crippen molar-refractivity contribution in [2.75, 3.05) is 6.61 Å². The summed E-state index contributed by atoms with van der Waals surface area (Å²) in [6.07, 6.45) is 4.67. The van der Waals surface area contributed by atoms with Gasteiger partial charge in [0.25, 0.3) is 0 Å². The molecule has 4 atom stereocenters. The van der Waals surface area contributed by atoms with Gasteiger partial charge in [0.15, 0.2) is 11.6 Å². The first-order valence-electron chi connectivity index (χ1n) is 15.7. The third-order valence-corrected chi connectivity index (χ3v) is 9.58. The van der Waals surface area contributed by atoms with Crippen LogP contribution in [0.15, 0.2) is 83.4 Å². The first kappa shape index (κ1) is 30.1. The number of aryl methyl sites for hydroxylation is 2. The van der Waals surface area contributed by atoms with Crippen molar-refractivity contribution >= 4 is 24.8 Å². The highest BCUT2D eigenvalue weighted by Crippen LogP contribution is 2.51. The van der Waals surface area contributed by atoms with Crippen molar-refractivity contribution in [2.45, 2.75) is 58.9 Å². The van der Waals surface area contributed by atoms with Crippen molar-refractivity contribution in [3.8, 4) is 11.5 Å². The predicted octanol–water partition coefficient (Wildman–Crippen LogP) is 7.17. The Hall–Kier alpha value is -3.94. The number of para-hydroxylation sites is 1. The summed E-state index contributed by atoms with van der Waals surface area (Å²) in [6.45, 7) is 6.22. The van der Waals surface area contributed by atoms with Gasteiger partial charge in [-0.3, -0.25) is 9.59 Å². The quantitative estimate of drug-likeness (QED) is 0.214. The molecule has 1 fully saturated rings. The first-order chi connectivity index (χ1) is 21.2. The molecule has 3 aromatic rings. The number of carbonyl (C=O) groups excluding carboxylic acids is 2. The highest BCUT2D eigenvalue weighted by molar-refractivity contribution is 6.43. The number of carbonyl (C=O) groups is 2. The molecule has 1 aliphatic heterocycles. The molecule has 1 saturated heterocycles. The summed E-state index contributed by atoms with van der Waals surface area (Å²) in [6, 6.07) is 20.7. The maximum Gasteiger partial charge on any atom is 0.455 e. The lowest BCUT2D eigenvalue weighted by atomic mass is 9.54. The summed E-state index contributed by atoms with van der Waals surface area (Å²) >= 11 is 0. The van der Waals surface area contributed by atoms with Gasteiger partial charge in [0, 0.05) is 23.0 Å². The van der Waals surface area contributed by atoms with Gasteiger partial charge in [-0.15, -0.1) is 0 Å². The van der Waals surface area contributed by atoms with Crippen LogP contribution in [0, 0.1) is 31.6 Å². The topological polar surface area (TPSA) is 93.1 Å². The molecule has 2 N–H and O–H groups in total. The van der Waals surface area contributed by atoms with Crippen LogP contribution in [0.3, 0.4) is 0 Å². The zero-order valence-corrected chi connectivity index (χ0v) is 25.6. The third kappa shape index (κ3) is 5.79. The minimum atomic E-state index is -1.03. The Morgan fingerprint density at radius 2 is 1.64 bits per heavy atom. The summed E-state index contributed by atoms with van der Waals surface area (Å²) in [5.74, 6) is -0.290. The van der Waals surface area contributed by atoms with Crippen LogP contribution in [0.25, 0.3) is 6.08 Å². The number of allylic oxidation sites excluding steroid dienone is 1.